The van der Waals surface area contributed by atoms with Crippen molar-refractivity contribution < 1.29 is 4.79 Å². The highest BCUT2D eigenvalue weighted by Gasteiger charge is 2.14. The number of hydrogen-bond acceptors (Lipinski definition) is 4. The number of hydrogen-bond donors (Lipinski definition) is 1. The van der Waals surface area contributed by atoms with Crippen LogP contribution in [0.3, 0.4) is 0 Å². The van der Waals surface area contributed by atoms with Gasteiger partial charge in [-0.1, -0.05) is 30.3 Å². The van der Waals surface area contributed by atoms with Crippen LogP contribution in [0.5, 0.6) is 0 Å². The summed E-state index contributed by atoms with van der Waals surface area (Å²) in [5, 5.41) is 4.63. The first-order valence-corrected chi connectivity index (χ1v) is 7.61. The number of nitrogens with zero attached hydrogens (tertiary/aromatic N) is 4. The van der Waals surface area contributed by atoms with E-state index in [-0.39, 0.29) is 0 Å². The molecule has 0 aliphatic carbocycles. The maximum absolute atomic E-state index is 11.2. The Kier molecular flexibility index (Phi) is 4.39. The SMILES string of the molecule is CN(C)Cc1nc(-c2ccc(C(N)=O)cc2)n(-c2ccccc2)n1. The molecular formula is C18H19N5O. The van der Waals surface area contributed by atoms with Gasteiger partial charge in [0, 0.05) is 11.1 Å². The van der Waals surface area contributed by atoms with E-state index < -0.39 is 5.91 Å². The summed E-state index contributed by atoms with van der Waals surface area (Å²) in [6.07, 6.45) is 0. The molecule has 0 saturated carbocycles. The van der Waals surface area contributed by atoms with Crippen molar-refractivity contribution in [2.75, 3.05) is 14.1 Å². The Hall–Kier alpha value is -2.99. The van der Waals surface area contributed by atoms with E-state index in [1.165, 1.54) is 0 Å². The van der Waals surface area contributed by atoms with E-state index in [4.69, 9.17) is 5.73 Å². The van der Waals surface area contributed by atoms with Crippen LogP contribution in [0.1, 0.15) is 16.2 Å². The number of primary amides is 1. The molecular weight excluding hydrogens is 302 g/mol. The summed E-state index contributed by atoms with van der Waals surface area (Å²) < 4.78 is 1.82. The van der Waals surface area contributed by atoms with Gasteiger partial charge in [0.2, 0.25) is 5.91 Å². The van der Waals surface area contributed by atoms with Crippen LogP contribution in [0.25, 0.3) is 17.1 Å². The summed E-state index contributed by atoms with van der Waals surface area (Å²) in [5.74, 6) is 1.02. The average Bonchev–Trinajstić information content (AvgIpc) is 2.99. The molecule has 0 atom stereocenters. The molecule has 2 aromatic carbocycles. The largest absolute Gasteiger partial charge is 0.366 e. The molecule has 3 aromatic rings. The van der Waals surface area contributed by atoms with E-state index in [1.807, 2.05) is 66.1 Å². The minimum Gasteiger partial charge on any atom is -0.366 e. The molecule has 0 aliphatic rings. The fourth-order valence-electron chi connectivity index (χ4n) is 2.42. The minimum absolute atomic E-state index is 0.445. The number of amides is 1. The maximum atomic E-state index is 11.2. The Balaban J connectivity index is 2.08. The number of aromatic nitrogens is 3. The van der Waals surface area contributed by atoms with E-state index in [1.54, 1.807) is 12.1 Å². The van der Waals surface area contributed by atoms with Crippen molar-refractivity contribution in [1.82, 2.24) is 19.7 Å². The van der Waals surface area contributed by atoms with E-state index in [0.29, 0.717) is 12.1 Å². The number of nitrogens with two attached hydrogens (primary N) is 1. The summed E-state index contributed by atoms with van der Waals surface area (Å²) in [7, 11) is 3.95. The second-order valence-corrected chi connectivity index (χ2v) is 5.78. The summed E-state index contributed by atoms with van der Waals surface area (Å²) in [6, 6.07) is 16.9. The Labute approximate surface area is 140 Å². The van der Waals surface area contributed by atoms with Crippen LogP contribution in [0.15, 0.2) is 54.6 Å². The fourth-order valence-corrected chi connectivity index (χ4v) is 2.42. The molecule has 2 N–H and O–H groups in total. The second kappa shape index (κ2) is 6.64. The molecule has 1 aromatic heterocycles. The van der Waals surface area contributed by atoms with Crippen LogP contribution in [-0.4, -0.2) is 39.7 Å². The molecule has 0 unspecified atom stereocenters. The number of benzene rings is 2. The highest BCUT2D eigenvalue weighted by molar-refractivity contribution is 5.93. The third-order valence-electron chi connectivity index (χ3n) is 3.54. The molecule has 6 nitrogen and oxygen atoms in total. The van der Waals surface area contributed by atoms with Crippen molar-refractivity contribution in [2.45, 2.75) is 6.54 Å². The predicted molar refractivity (Wildman–Crippen MR) is 92.7 cm³/mol. The lowest BCUT2D eigenvalue weighted by molar-refractivity contribution is 0.100. The smallest absolute Gasteiger partial charge is 0.248 e. The van der Waals surface area contributed by atoms with Gasteiger partial charge in [0.25, 0.3) is 0 Å². The number of rotatable bonds is 5. The third kappa shape index (κ3) is 3.33. The van der Waals surface area contributed by atoms with Crippen molar-refractivity contribution in [3.05, 3.63) is 66.0 Å². The van der Waals surface area contributed by atoms with Gasteiger partial charge in [-0.05, 0) is 38.4 Å². The Morgan fingerprint density at radius 2 is 1.75 bits per heavy atom. The van der Waals surface area contributed by atoms with Gasteiger partial charge in [-0.2, -0.15) is 0 Å². The molecule has 0 saturated heterocycles. The Morgan fingerprint density at radius 3 is 2.33 bits per heavy atom. The molecule has 0 bridgehead atoms. The molecule has 0 aliphatic heterocycles. The zero-order chi connectivity index (χ0) is 17.1. The van der Waals surface area contributed by atoms with Gasteiger partial charge in [-0.3, -0.25) is 4.79 Å². The molecule has 1 heterocycles. The van der Waals surface area contributed by atoms with Crippen LogP contribution in [0, 0.1) is 0 Å². The quantitative estimate of drug-likeness (QED) is 0.780. The summed E-state index contributed by atoms with van der Waals surface area (Å²) >= 11 is 0. The van der Waals surface area contributed by atoms with Gasteiger partial charge in [0.05, 0.1) is 12.2 Å². The highest BCUT2D eigenvalue weighted by atomic mass is 16.1. The van der Waals surface area contributed by atoms with Crippen molar-refractivity contribution in [1.29, 1.82) is 0 Å². The molecule has 1 amide bonds. The summed E-state index contributed by atoms with van der Waals surface area (Å²) in [4.78, 5) is 17.9. The topological polar surface area (TPSA) is 77.0 Å². The lowest BCUT2D eigenvalue weighted by atomic mass is 10.1. The van der Waals surface area contributed by atoms with Gasteiger partial charge < -0.3 is 10.6 Å². The van der Waals surface area contributed by atoms with Gasteiger partial charge >= 0.3 is 0 Å². The van der Waals surface area contributed by atoms with Crippen molar-refractivity contribution in [2.24, 2.45) is 5.73 Å². The molecule has 0 spiro atoms. The van der Waals surface area contributed by atoms with Crippen LogP contribution in [0.2, 0.25) is 0 Å². The summed E-state index contributed by atoms with van der Waals surface area (Å²) in [5.41, 5.74) is 7.59. The molecule has 3 rings (SSSR count). The zero-order valence-corrected chi connectivity index (χ0v) is 13.7. The average molecular weight is 321 g/mol. The monoisotopic (exact) mass is 321 g/mol. The van der Waals surface area contributed by atoms with Crippen LogP contribution >= 0.6 is 0 Å². The first-order valence-electron chi connectivity index (χ1n) is 7.61. The highest BCUT2D eigenvalue weighted by Crippen LogP contribution is 2.22. The van der Waals surface area contributed by atoms with Gasteiger partial charge in [-0.15, -0.1) is 5.10 Å². The summed E-state index contributed by atoms with van der Waals surface area (Å²) in [6.45, 7) is 0.645. The fraction of sp³-hybridized carbons (Fsp3) is 0.167. The van der Waals surface area contributed by atoms with Gasteiger partial charge in [0.15, 0.2) is 11.6 Å². The molecule has 6 heteroatoms. The Morgan fingerprint density at radius 1 is 1.08 bits per heavy atom. The van der Waals surface area contributed by atoms with Crippen molar-refractivity contribution in [3.8, 4) is 17.1 Å². The predicted octanol–water partition coefficient (Wildman–Crippen LogP) is 2.09. The molecule has 0 fully saturated rings. The van der Waals surface area contributed by atoms with Crippen molar-refractivity contribution in [3.63, 3.8) is 0 Å². The van der Waals surface area contributed by atoms with Crippen LogP contribution < -0.4 is 5.73 Å². The first kappa shape index (κ1) is 15.9. The molecule has 24 heavy (non-hydrogen) atoms. The van der Waals surface area contributed by atoms with Crippen molar-refractivity contribution >= 4 is 5.91 Å². The second-order valence-electron chi connectivity index (χ2n) is 5.78. The number of para-hydroxylation sites is 1. The van der Waals surface area contributed by atoms with Crippen LogP contribution in [-0.2, 0) is 6.54 Å². The zero-order valence-electron chi connectivity index (χ0n) is 13.7. The molecule has 0 radical (unpaired) electrons. The molecule has 122 valence electrons. The lowest BCUT2D eigenvalue weighted by Crippen LogP contribution is -2.12. The van der Waals surface area contributed by atoms with Gasteiger partial charge in [-0.25, -0.2) is 9.67 Å². The van der Waals surface area contributed by atoms with E-state index in [9.17, 15) is 4.79 Å². The van der Waals surface area contributed by atoms with E-state index in [2.05, 4.69) is 10.1 Å². The number of carbonyl (C=O) groups is 1. The lowest BCUT2D eigenvalue weighted by Gasteiger charge is -2.06. The van der Waals surface area contributed by atoms with E-state index >= 15 is 0 Å². The van der Waals surface area contributed by atoms with Crippen LogP contribution in [0.4, 0.5) is 0 Å². The normalized spacial score (nSPS) is 11.0. The maximum Gasteiger partial charge on any atom is 0.248 e. The van der Waals surface area contributed by atoms with Gasteiger partial charge in [0.1, 0.15) is 0 Å². The number of carbonyl (C=O) groups excluding carboxylic acids is 1. The van der Waals surface area contributed by atoms with E-state index in [0.717, 1.165) is 22.9 Å². The first-order chi connectivity index (χ1) is 11.5. The minimum atomic E-state index is -0.445. The third-order valence-corrected chi connectivity index (χ3v) is 3.54. The Bertz CT molecular complexity index is 838. The standard InChI is InChI=1S/C18H19N5O/c1-22(2)12-16-20-18(14-10-8-13(9-11-14)17(19)24)23(21-16)15-6-4-3-5-7-15/h3-11H,12H2,1-2H3,(H2,19,24).